The van der Waals surface area contributed by atoms with Crippen molar-refractivity contribution in [1.82, 2.24) is 5.32 Å². The number of nitrogens with one attached hydrogen (secondary N) is 1. The van der Waals surface area contributed by atoms with Crippen LogP contribution >= 0.6 is 0 Å². The van der Waals surface area contributed by atoms with E-state index in [-0.39, 0.29) is 0 Å². The van der Waals surface area contributed by atoms with Crippen LogP contribution in [0.3, 0.4) is 0 Å². The molecule has 5 aliphatic rings. The Bertz CT molecular complexity index is 377. The molecule has 20 heavy (non-hydrogen) atoms. The van der Waals surface area contributed by atoms with Crippen molar-refractivity contribution in [3.05, 3.63) is 0 Å². The minimum Gasteiger partial charge on any atom is -0.316 e. The van der Waals surface area contributed by atoms with Gasteiger partial charge in [-0.1, -0.05) is 26.7 Å². The molecule has 0 aromatic carbocycles. The summed E-state index contributed by atoms with van der Waals surface area (Å²) in [5.74, 6) is 2.02. The second-order valence-corrected chi connectivity index (χ2v) is 9.80. The van der Waals surface area contributed by atoms with Gasteiger partial charge in [0, 0.05) is 6.04 Å². The lowest BCUT2D eigenvalue weighted by Crippen LogP contribution is -2.62. The summed E-state index contributed by atoms with van der Waals surface area (Å²) in [4.78, 5) is 0. The maximum Gasteiger partial charge on any atom is 0.0149 e. The molecular weight excluding hydrogens is 242 g/mol. The second kappa shape index (κ2) is 4.24. The number of hydrogen-bond donors (Lipinski definition) is 1. The van der Waals surface area contributed by atoms with Crippen LogP contribution in [0, 0.1) is 28.1 Å². The molecule has 0 aromatic heterocycles. The van der Waals surface area contributed by atoms with Crippen LogP contribution in [-0.4, -0.2) is 13.1 Å². The summed E-state index contributed by atoms with van der Waals surface area (Å²) in [5.41, 5.74) is 1.98. The molecule has 5 saturated carbocycles. The zero-order chi connectivity index (χ0) is 14.0. The van der Waals surface area contributed by atoms with Gasteiger partial charge >= 0.3 is 0 Å². The molecule has 0 saturated heterocycles. The van der Waals surface area contributed by atoms with Gasteiger partial charge in [-0.3, -0.25) is 0 Å². The molecule has 0 aliphatic heterocycles. The average molecular weight is 275 g/mol. The predicted octanol–water partition coefficient (Wildman–Crippen LogP) is 4.76. The van der Waals surface area contributed by atoms with Gasteiger partial charge in [0.2, 0.25) is 0 Å². The van der Waals surface area contributed by atoms with Crippen molar-refractivity contribution in [2.45, 2.75) is 84.1 Å². The van der Waals surface area contributed by atoms with E-state index in [1.807, 2.05) is 0 Å². The van der Waals surface area contributed by atoms with Gasteiger partial charge in [-0.15, -0.1) is 0 Å². The second-order valence-electron chi connectivity index (χ2n) is 9.80. The summed E-state index contributed by atoms with van der Waals surface area (Å²) >= 11 is 0. The molecule has 5 aliphatic carbocycles. The molecule has 114 valence electrons. The maximum absolute atomic E-state index is 3.84. The Morgan fingerprint density at radius 2 is 1.50 bits per heavy atom. The first kappa shape index (κ1) is 13.6. The lowest BCUT2D eigenvalue weighted by Gasteiger charge is -2.68. The van der Waals surface area contributed by atoms with E-state index >= 15 is 0 Å². The van der Waals surface area contributed by atoms with Gasteiger partial charge in [0.25, 0.3) is 0 Å². The van der Waals surface area contributed by atoms with Crippen LogP contribution in [0.25, 0.3) is 0 Å². The lowest BCUT2D eigenvalue weighted by atomic mass is 9.38. The monoisotopic (exact) mass is 275 g/mol. The third kappa shape index (κ3) is 1.91. The zero-order valence-electron chi connectivity index (χ0n) is 13.8. The third-order valence-corrected chi connectivity index (χ3v) is 7.51. The Hall–Kier alpha value is -0.0400. The highest BCUT2D eigenvalue weighted by Gasteiger charge is 2.62. The fraction of sp³-hybridized carbons (Fsp3) is 1.00. The highest BCUT2D eigenvalue weighted by Crippen LogP contribution is 2.71. The number of rotatable bonds is 3. The van der Waals surface area contributed by atoms with Crippen molar-refractivity contribution in [2.24, 2.45) is 28.1 Å². The summed E-state index contributed by atoms with van der Waals surface area (Å²) in [6, 6.07) is 0.812. The Labute approximate surface area is 125 Å². The minimum absolute atomic E-state index is 0.646. The highest BCUT2D eigenvalue weighted by atomic mass is 14.9. The molecular formula is C19H33N. The van der Waals surface area contributed by atoms with Crippen LogP contribution < -0.4 is 5.32 Å². The average Bonchev–Trinajstić information content (AvgIpc) is 2.77. The minimum atomic E-state index is 0.646. The van der Waals surface area contributed by atoms with Crippen molar-refractivity contribution in [3.8, 4) is 0 Å². The maximum atomic E-state index is 3.84. The van der Waals surface area contributed by atoms with Crippen LogP contribution in [0.15, 0.2) is 0 Å². The van der Waals surface area contributed by atoms with Crippen molar-refractivity contribution in [1.29, 1.82) is 0 Å². The van der Waals surface area contributed by atoms with Gasteiger partial charge in [-0.2, -0.15) is 0 Å². The molecule has 0 radical (unpaired) electrons. The first-order valence-electron chi connectivity index (χ1n) is 9.13. The van der Waals surface area contributed by atoms with E-state index in [1.54, 1.807) is 6.42 Å². The summed E-state index contributed by atoms with van der Waals surface area (Å²) in [5, 5.41) is 3.84. The van der Waals surface area contributed by atoms with Gasteiger partial charge < -0.3 is 5.32 Å². The van der Waals surface area contributed by atoms with E-state index in [2.05, 4.69) is 26.2 Å². The van der Waals surface area contributed by atoms with Gasteiger partial charge in [-0.25, -0.2) is 0 Å². The smallest absolute Gasteiger partial charge is 0.0149 e. The van der Waals surface area contributed by atoms with Crippen LogP contribution in [0.5, 0.6) is 0 Å². The van der Waals surface area contributed by atoms with E-state index in [0.29, 0.717) is 16.2 Å². The molecule has 0 heterocycles. The quantitative estimate of drug-likeness (QED) is 0.783. The van der Waals surface area contributed by atoms with Crippen molar-refractivity contribution in [3.63, 3.8) is 0 Å². The molecule has 4 bridgehead atoms. The normalized spacial score (nSPS) is 52.6. The highest BCUT2D eigenvalue weighted by molar-refractivity contribution is 5.14. The standard InChI is InChI=1S/C19H33N/c1-17-8-14-9-18(2,11-17)13-19(10-14,12-17)16(20-3)15-6-4-5-7-15/h14-16,20H,4-13H2,1-3H3. The summed E-state index contributed by atoms with van der Waals surface area (Å²) in [6.07, 6.45) is 15.1. The zero-order valence-corrected chi connectivity index (χ0v) is 13.8. The molecule has 5 rings (SSSR count). The summed E-state index contributed by atoms with van der Waals surface area (Å²) < 4.78 is 0. The molecule has 0 aromatic rings. The van der Waals surface area contributed by atoms with Crippen molar-refractivity contribution >= 4 is 0 Å². The number of hydrogen-bond acceptors (Lipinski definition) is 1. The molecule has 3 atom stereocenters. The topological polar surface area (TPSA) is 12.0 Å². The van der Waals surface area contributed by atoms with E-state index in [9.17, 15) is 0 Å². The van der Waals surface area contributed by atoms with Gasteiger partial charge in [0.15, 0.2) is 0 Å². The van der Waals surface area contributed by atoms with Crippen LogP contribution in [0.1, 0.15) is 78.1 Å². The first-order chi connectivity index (χ1) is 9.46. The van der Waals surface area contributed by atoms with E-state index in [1.165, 1.54) is 57.8 Å². The molecule has 1 nitrogen and oxygen atoms in total. The van der Waals surface area contributed by atoms with Crippen LogP contribution in [0.4, 0.5) is 0 Å². The molecule has 1 N–H and O–H groups in total. The van der Waals surface area contributed by atoms with E-state index < -0.39 is 0 Å². The third-order valence-electron chi connectivity index (χ3n) is 7.51. The molecule has 1 heteroatoms. The Morgan fingerprint density at radius 3 is 2.00 bits per heavy atom. The SMILES string of the molecule is CNC(C1CCCC1)C12CC3CC(C)(CC(C)(C3)C1)C2. The summed E-state index contributed by atoms with van der Waals surface area (Å²) in [6.45, 7) is 5.23. The largest absolute Gasteiger partial charge is 0.316 e. The Kier molecular flexibility index (Phi) is 2.89. The van der Waals surface area contributed by atoms with Gasteiger partial charge in [0.1, 0.15) is 0 Å². The fourth-order valence-electron chi connectivity index (χ4n) is 8.22. The predicted molar refractivity (Wildman–Crippen MR) is 84.6 cm³/mol. The molecule has 0 spiro atoms. The molecule has 5 fully saturated rings. The Morgan fingerprint density at radius 1 is 0.900 bits per heavy atom. The van der Waals surface area contributed by atoms with Crippen molar-refractivity contribution < 1.29 is 0 Å². The van der Waals surface area contributed by atoms with Gasteiger partial charge in [-0.05, 0) is 86.5 Å². The Balaban J connectivity index is 1.68. The molecule has 3 unspecified atom stereocenters. The van der Waals surface area contributed by atoms with E-state index in [0.717, 1.165) is 17.9 Å². The van der Waals surface area contributed by atoms with E-state index in [4.69, 9.17) is 0 Å². The van der Waals surface area contributed by atoms with Crippen LogP contribution in [0.2, 0.25) is 0 Å². The fourth-order valence-corrected chi connectivity index (χ4v) is 8.22. The first-order valence-corrected chi connectivity index (χ1v) is 9.13. The summed E-state index contributed by atoms with van der Waals surface area (Å²) in [7, 11) is 2.26. The lowest BCUT2D eigenvalue weighted by molar-refractivity contribution is -0.163. The van der Waals surface area contributed by atoms with Crippen LogP contribution in [-0.2, 0) is 0 Å². The van der Waals surface area contributed by atoms with Gasteiger partial charge in [0.05, 0.1) is 0 Å². The molecule has 0 amide bonds. The van der Waals surface area contributed by atoms with Crippen molar-refractivity contribution in [2.75, 3.05) is 7.05 Å².